The minimum atomic E-state index is 0.736. The summed E-state index contributed by atoms with van der Waals surface area (Å²) in [7, 11) is 0. The Balaban J connectivity index is 2.02. The normalized spacial score (nSPS) is 16.7. The monoisotopic (exact) mass is 222 g/mol. The average Bonchev–Trinajstić information content (AvgIpc) is 2.32. The van der Waals surface area contributed by atoms with E-state index in [0.717, 1.165) is 13.0 Å². The quantitative estimate of drug-likeness (QED) is 0.844. The van der Waals surface area contributed by atoms with Crippen LogP contribution in [0.2, 0.25) is 0 Å². The maximum Gasteiger partial charge on any atom is 0.0366 e. The fourth-order valence-electron chi connectivity index (χ4n) is 1.86. The molecule has 0 spiro atoms. The molecule has 0 radical (unpaired) electrons. The first-order valence-electron chi connectivity index (χ1n) is 5.52. The van der Waals surface area contributed by atoms with Crippen molar-refractivity contribution in [2.45, 2.75) is 6.42 Å². The second kappa shape index (κ2) is 5.42. The molecule has 0 atom stereocenters. The van der Waals surface area contributed by atoms with Crippen LogP contribution in [0.1, 0.15) is 5.56 Å². The van der Waals surface area contributed by atoms with Crippen LogP contribution >= 0.6 is 11.8 Å². The third kappa shape index (κ3) is 2.89. The Labute approximate surface area is 95.8 Å². The van der Waals surface area contributed by atoms with Crippen LogP contribution in [0.3, 0.4) is 0 Å². The average molecular weight is 222 g/mol. The van der Waals surface area contributed by atoms with Crippen molar-refractivity contribution in [2.24, 2.45) is 5.73 Å². The van der Waals surface area contributed by atoms with Gasteiger partial charge in [0.05, 0.1) is 0 Å². The van der Waals surface area contributed by atoms with Crippen molar-refractivity contribution in [1.29, 1.82) is 0 Å². The first-order valence-corrected chi connectivity index (χ1v) is 6.67. The maximum atomic E-state index is 5.53. The Kier molecular flexibility index (Phi) is 3.92. The van der Waals surface area contributed by atoms with Crippen molar-refractivity contribution in [3.63, 3.8) is 0 Å². The number of nitrogens with two attached hydrogens (primary N) is 1. The molecule has 15 heavy (non-hydrogen) atoms. The molecular formula is C12H18N2S. The number of anilines is 1. The molecule has 1 aromatic rings. The van der Waals surface area contributed by atoms with E-state index in [4.69, 9.17) is 5.73 Å². The highest BCUT2D eigenvalue weighted by molar-refractivity contribution is 7.99. The summed E-state index contributed by atoms with van der Waals surface area (Å²) < 4.78 is 0. The van der Waals surface area contributed by atoms with Crippen LogP contribution in [-0.4, -0.2) is 31.1 Å². The SMILES string of the molecule is NCCc1ccc(N2CCSCC2)cc1. The van der Waals surface area contributed by atoms with Crippen molar-refractivity contribution < 1.29 is 0 Å². The summed E-state index contributed by atoms with van der Waals surface area (Å²) in [5.74, 6) is 2.51. The van der Waals surface area contributed by atoms with Gasteiger partial charge in [-0.2, -0.15) is 11.8 Å². The summed E-state index contributed by atoms with van der Waals surface area (Å²) in [6, 6.07) is 8.84. The van der Waals surface area contributed by atoms with E-state index < -0.39 is 0 Å². The van der Waals surface area contributed by atoms with Crippen LogP contribution in [0.4, 0.5) is 5.69 Å². The predicted octanol–water partition coefficient (Wildman–Crippen LogP) is 1.74. The molecule has 1 fully saturated rings. The van der Waals surface area contributed by atoms with Gasteiger partial charge in [0.15, 0.2) is 0 Å². The zero-order valence-corrected chi connectivity index (χ0v) is 9.80. The van der Waals surface area contributed by atoms with Crippen LogP contribution in [0, 0.1) is 0 Å². The van der Waals surface area contributed by atoms with Crippen LogP contribution < -0.4 is 10.6 Å². The molecule has 0 amide bonds. The Hall–Kier alpha value is -0.670. The van der Waals surface area contributed by atoms with Crippen LogP contribution in [0.25, 0.3) is 0 Å². The maximum absolute atomic E-state index is 5.53. The van der Waals surface area contributed by atoms with E-state index in [9.17, 15) is 0 Å². The summed E-state index contributed by atoms with van der Waals surface area (Å²) in [5, 5.41) is 0. The van der Waals surface area contributed by atoms with Gasteiger partial charge >= 0.3 is 0 Å². The highest BCUT2D eigenvalue weighted by Gasteiger charge is 2.10. The predicted molar refractivity (Wildman–Crippen MR) is 68.7 cm³/mol. The van der Waals surface area contributed by atoms with E-state index >= 15 is 0 Å². The van der Waals surface area contributed by atoms with Gasteiger partial charge in [0, 0.05) is 30.3 Å². The lowest BCUT2D eigenvalue weighted by molar-refractivity contribution is 0.857. The molecule has 1 heterocycles. The van der Waals surface area contributed by atoms with Crippen molar-refractivity contribution in [2.75, 3.05) is 36.0 Å². The van der Waals surface area contributed by atoms with E-state index in [1.165, 1.54) is 35.8 Å². The van der Waals surface area contributed by atoms with Gasteiger partial charge in [0.2, 0.25) is 0 Å². The number of hydrogen-bond acceptors (Lipinski definition) is 3. The highest BCUT2D eigenvalue weighted by atomic mass is 32.2. The number of thioether (sulfide) groups is 1. The van der Waals surface area contributed by atoms with E-state index in [2.05, 4.69) is 29.2 Å². The van der Waals surface area contributed by atoms with Gasteiger partial charge in [0.1, 0.15) is 0 Å². The Morgan fingerprint density at radius 1 is 1.13 bits per heavy atom. The Morgan fingerprint density at radius 3 is 2.40 bits per heavy atom. The summed E-state index contributed by atoms with van der Waals surface area (Å²) in [5.41, 5.74) is 8.23. The van der Waals surface area contributed by atoms with Crippen molar-refractivity contribution >= 4 is 17.4 Å². The molecule has 0 aliphatic carbocycles. The van der Waals surface area contributed by atoms with Crippen molar-refractivity contribution in [3.8, 4) is 0 Å². The molecule has 2 rings (SSSR count). The lowest BCUT2D eigenvalue weighted by Gasteiger charge is -2.28. The van der Waals surface area contributed by atoms with Crippen LogP contribution in [0.15, 0.2) is 24.3 Å². The van der Waals surface area contributed by atoms with E-state index in [1.54, 1.807) is 0 Å². The molecule has 0 saturated carbocycles. The van der Waals surface area contributed by atoms with E-state index in [0.29, 0.717) is 0 Å². The fraction of sp³-hybridized carbons (Fsp3) is 0.500. The molecule has 3 heteroatoms. The molecule has 82 valence electrons. The lowest BCUT2D eigenvalue weighted by Crippen LogP contribution is -2.32. The molecular weight excluding hydrogens is 204 g/mol. The van der Waals surface area contributed by atoms with Crippen molar-refractivity contribution in [1.82, 2.24) is 0 Å². The molecule has 0 aromatic heterocycles. The molecule has 1 aromatic carbocycles. The van der Waals surface area contributed by atoms with Crippen LogP contribution in [0.5, 0.6) is 0 Å². The van der Waals surface area contributed by atoms with E-state index in [-0.39, 0.29) is 0 Å². The minimum Gasteiger partial charge on any atom is -0.370 e. The standard InChI is InChI=1S/C12H18N2S/c13-6-5-11-1-3-12(4-2-11)14-7-9-15-10-8-14/h1-4H,5-10,13H2. The molecule has 1 aliphatic rings. The molecule has 0 unspecified atom stereocenters. The number of benzene rings is 1. The first kappa shape index (κ1) is 10.8. The zero-order chi connectivity index (χ0) is 10.5. The third-order valence-electron chi connectivity index (χ3n) is 2.75. The molecule has 1 saturated heterocycles. The summed E-state index contributed by atoms with van der Waals surface area (Å²) in [6.45, 7) is 3.10. The van der Waals surface area contributed by atoms with Gasteiger partial charge in [-0.25, -0.2) is 0 Å². The smallest absolute Gasteiger partial charge is 0.0366 e. The van der Waals surface area contributed by atoms with E-state index in [1.807, 2.05) is 11.8 Å². The second-order valence-electron chi connectivity index (χ2n) is 3.80. The van der Waals surface area contributed by atoms with Gasteiger partial charge in [-0.1, -0.05) is 12.1 Å². The third-order valence-corrected chi connectivity index (χ3v) is 3.69. The second-order valence-corrected chi connectivity index (χ2v) is 5.03. The van der Waals surface area contributed by atoms with Gasteiger partial charge < -0.3 is 10.6 Å². The van der Waals surface area contributed by atoms with Gasteiger partial charge in [0.25, 0.3) is 0 Å². The molecule has 2 N–H and O–H groups in total. The van der Waals surface area contributed by atoms with Crippen molar-refractivity contribution in [3.05, 3.63) is 29.8 Å². The zero-order valence-electron chi connectivity index (χ0n) is 8.98. The summed E-state index contributed by atoms with van der Waals surface area (Å²) >= 11 is 2.05. The number of rotatable bonds is 3. The first-order chi connectivity index (χ1) is 7.40. The molecule has 0 bridgehead atoms. The largest absolute Gasteiger partial charge is 0.370 e. The van der Waals surface area contributed by atoms with Gasteiger partial charge in [-0.15, -0.1) is 0 Å². The number of nitrogens with zero attached hydrogens (tertiary/aromatic N) is 1. The lowest BCUT2D eigenvalue weighted by atomic mass is 10.1. The molecule has 1 aliphatic heterocycles. The number of hydrogen-bond donors (Lipinski definition) is 1. The highest BCUT2D eigenvalue weighted by Crippen LogP contribution is 2.19. The molecule has 2 nitrogen and oxygen atoms in total. The van der Waals surface area contributed by atoms with Crippen LogP contribution in [-0.2, 0) is 6.42 Å². The minimum absolute atomic E-state index is 0.736. The Morgan fingerprint density at radius 2 is 1.80 bits per heavy atom. The van der Waals surface area contributed by atoms with Gasteiger partial charge in [-0.3, -0.25) is 0 Å². The van der Waals surface area contributed by atoms with Gasteiger partial charge in [-0.05, 0) is 30.7 Å². The summed E-state index contributed by atoms with van der Waals surface area (Å²) in [4.78, 5) is 2.46. The summed E-state index contributed by atoms with van der Waals surface area (Å²) in [6.07, 6.45) is 0.982. The Bertz CT molecular complexity index is 291. The fourth-order valence-corrected chi connectivity index (χ4v) is 2.76. The topological polar surface area (TPSA) is 29.3 Å².